The van der Waals surface area contributed by atoms with Crippen LogP contribution >= 0.6 is 11.6 Å². The van der Waals surface area contributed by atoms with E-state index in [0.29, 0.717) is 5.02 Å². The normalized spacial score (nSPS) is 11.2. The van der Waals surface area contributed by atoms with Crippen molar-refractivity contribution in [2.24, 2.45) is 0 Å². The van der Waals surface area contributed by atoms with Gasteiger partial charge in [0.15, 0.2) is 0 Å². The zero-order valence-electron chi connectivity index (χ0n) is 18.0. The predicted molar refractivity (Wildman–Crippen MR) is 131 cm³/mol. The van der Waals surface area contributed by atoms with E-state index < -0.39 is 0 Å². The second-order valence-electron chi connectivity index (χ2n) is 7.66. The van der Waals surface area contributed by atoms with E-state index >= 15 is 0 Å². The number of benzene rings is 3. The molecule has 5 heteroatoms. The van der Waals surface area contributed by atoms with Gasteiger partial charge < -0.3 is 15.4 Å². The minimum atomic E-state index is 0.690. The molecular weight excluding hydrogens is 406 g/mol. The van der Waals surface area contributed by atoms with Crippen LogP contribution < -0.4 is 15.4 Å². The van der Waals surface area contributed by atoms with Gasteiger partial charge in [0.2, 0.25) is 0 Å². The Morgan fingerprint density at radius 2 is 1.68 bits per heavy atom. The molecule has 2 N–H and O–H groups in total. The van der Waals surface area contributed by atoms with Gasteiger partial charge in [-0.3, -0.25) is 0 Å². The molecule has 0 atom stereocenters. The molecule has 0 fully saturated rings. The van der Waals surface area contributed by atoms with Crippen molar-refractivity contribution in [3.63, 3.8) is 0 Å². The Labute approximate surface area is 188 Å². The Hall–Kier alpha value is -2.82. The average Bonchev–Trinajstić information content (AvgIpc) is 2.80. The molecule has 4 nitrogen and oxygen atoms in total. The molecule has 31 heavy (non-hydrogen) atoms. The number of anilines is 1. The molecule has 4 aromatic rings. The van der Waals surface area contributed by atoms with Crippen LogP contribution in [-0.2, 0) is 13.0 Å². The Morgan fingerprint density at radius 3 is 2.45 bits per heavy atom. The number of ether oxygens (including phenoxy) is 1. The number of methoxy groups -OCH3 is 1. The van der Waals surface area contributed by atoms with E-state index in [9.17, 15) is 0 Å². The molecule has 0 aliphatic heterocycles. The minimum Gasteiger partial charge on any atom is -0.497 e. The lowest BCUT2D eigenvalue weighted by atomic mass is 10.1. The first-order chi connectivity index (χ1) is 15.2. The van der Waals surface area contributed by atoms with Crippen LogP contribution in [0.3, 0.4) is 0 Å². The molecule has 0 radical (unpaired) electrons. The minimum absolute atomic E-state index is 0.690. The van der Waals surface area contributed by atoms with E-state index in [1.54, 1.807) is 7.11 Å². The number of pyridine rings is 1. The number of aryl methyl sites for hydroxylation is 1. The first kappa shape index (κ1) is 21.4. The summed E-state index contributed by atoms with van der Waals surface area (Å²) in [5.74, 6) is 0.821. The monoisotopic (exact) mass is 433 g/mol. The Kier molecular flexibility index (Phi) is 6.90. The van der Waals surface area contributed by atoms with Crippen LogP contribution in [-0.4, -0.2) is 25.2 Å². The Morgan fingerprint density at radius 1 is 0.871 bits per heavy atom. The SMILES string of the molecule is CCc1ccc(CNCCCNc2c3ccc(Cl)cc3nc3ccc(OC)cc23)cc1. The molecule has 3 aromatic carbocycles. The number of hydrogen-bond donors (Lipinski definition) is 2. The zero-order valence-corrected chi connectivity index (χ0v) is 18.8. The highest BCUT2D eigenvalue weighted by atomic mass is 35.5. The highest BCUT2D eigenvalue weighted by Gasteiger charge is 2.10. The average molecular weight is 434 g/mol. The van der Waals surface area contributed by atoms with Crippen LogP contribution in [0.5, 0.6) is 5.75 Å². The molecule has 0 unspecified atom stereocenters. The topological polar surface area (TPSA) is 46.2 Å². The maximum atomic E-state index is 6.21. The van der Waals surface area contributed by atoms with E-state index in [0.717, 1.165) is 65.7 Å². The van der Waals surface area contributed by atoms with Crippen molar-refractivity contribution < 1.29 is 4.74 Å². The lowest BCUT2D eigenvalue weighted by Crippen LogP contribution is -2.17. The largest absolute Gasteiger partial charge is 0.497 e. The van der Waals surface area contributed by atoms with E-state index in [1.807, 2.05) is 36.4 Å². The molecule has 0 aliphatic carbocycles. The van der Waals surface area contributed by atoms with Crippen molar-refractivity contribution in [1.29, 1.82) is 0 Å². The quantitative estimate of drug-likeness (QED) is 0.243. The maximum Gasteiger partial charge on any atom is 0.119 e. The number of rotatable bonds is 9. The van der Waals surface area contributed by atoms with Gasteiger partial charge in [-0.2, -0.15) is 0 Å². The van der Waals surface area contributed by atoms with Gasteiger partial charge >= 0.3 is 0 Å². The van der Waals surface area contributed by atoms with Crippen LogP contribution in [0.15, 0.2) is 60.7 Å². The van der Waals surface area contributed by atoms with Crippen molar-refractivity contribution in [3.8, 4) is 5.75 Å². The lowest BCUT2D eigenvalue weighted by molar-refractivity contribution is 0.415. The van der Waals surface area contributed by atoms with Crippen LogP contribution in [0.25, 0.3) is 21.8 Å². The van der Waals surface area contributed by atoms with Gasteiger partial charge in [-0.15, -0.1) is 0 Å². The van der Waals surface area contributed by atoms with Crippen molar-refractivity contribution in [2.75, 3.05) is 25.5 Å². The van der Waals surface area contributed by atoms with Crippen LogP contribution in [0.1, 0.15) is 24.5 Å². The fourth-order valence-corrected chi connectivity index (χ4v) is 3.93. The second kappa shape index (κ2) is 9.99. The van der Waals surface area contributed by atoms with Crippen LogP contribution in [0.2, 0.25) is 5.02 Å². The van der Waals surface area contributed by atoms with E-state index in [4.69, 9.17) is 21.3 Å². The summed E-state index contributed by atoms with van der Waals surface area (Å²) in [6, 6.07) is 20.6. The number of halogens is 1. The van der Waals surface area contributed by atoms with Gasteiger partial charge in [0.1, 0.15) is 5.75 Å². The Balaban J connectivity index is 1.43. The Bertz CT molecular complexity index is 1170. The summed E-state index contributed by atoms with van der Waals surface area (Å²) < 4.78 is 5.44. The number of fused-ring (bicyclic) bond motifs is 2. The molecule has 0 aliphatic rings. The maximum absolute atomic E-state index is 6.21. The van der Waals surface area contributed by atoms with Crippen LogP contribution in [0, 0.1) is 0 Å². The molecule has 1 heterocycles. The number of nitrogens with one attached hydrogen (secondary N) is 2. The summed E-state index contributed by atoms with van der Waals surface area (Å²) in [4.78, 5) is 4.79. The van der Waals surface area contributed by atoms with Crippen LogP contribution in [0.4, 0.5) is 5.69 Å². The third-order valence-corrected chi connectivity index (χ3v) is 5.77. The summed E-state index contributed by atoms with van der Waals surface area (Å²) in [6.07, 6.45) is 2.09. The molecule has 0 saturated carbocycles. The number of aromatic nitrogens is 1. The molecule has 0 saturated heterocycles. The van der Waals surface area contributed by atoms with Crippen molar-refractivity contribution in [1.82, 2.24) is 10.3 Å². The molecule has 4 rings (SSSR count). The van der Waals surface area contributed by atoms with E-state index in [-0.39, 0.29) is 0 Å². The summed E-state index contributed by atoms with van der Waals surface area (Å²) in [7, 11) is 1.68. The van der Waals surface area contributed by atoms with Gasteiger partial charge in [-0.25, -0.2) is 4.98 Å². The third-order valence-electron chi connectivity index (χ3n) is 5.54. The zero-order chi connectivity index (χ0) is 21.6. The summed E-state index contributed by atoms with van der Waals surface area (Å²) in [5.41, 5.74) is 5.58. The standard InChI is InChI=1S/C26H28ClN3O/c1-3-18-5-7-19(8-6-18)17-28-13-4-14-29-26-22-11-9-20(27)15-25(22)30-24-12-10-21(31-2)16-23(24)26/h5-12,15-16,28H,3-4,13-14,17H2,1-2H3,(H,29,30). The highest BCUT2D eigenvalue weighted by Crippen LogP contribution is 2.34. The number of hydrogen-bond acceptors (Lipinski definition) is 4. The summed E-state index contributed by atoms with van der Waals surface area (Å²) >= 11 is 6.21. The van der Waals surface area contributed by atoms with Gasteiger partial charge in [0.25, 0.3) is 0 Å². The van der Waals surface area contributed by atoms with Crippen molar-refractivity contribution in [3.05, 3.63) is 76.8 Å². The first-order valence-electron chi connectivity index (χ1n) is 10.8. The fourth-order valence-electron chi connectivity index (χ4n) is 3.77. The van der Waals surface area contributed by atoms with Gasteiger partial charge in [0.05, 0.1) is 23.8 Å². The van der Waals surface area contributed by atoms with E-state index in [1.165, 1.54) is 11.1 Å². The van der Waals surface area contributed by atoms with E-state index in [2.05, 4.69) is 41.8 Å². The van der Waals surface area contributed by atoms with Crippen molar-refractivity contribution in [2.45, 2.75) is 26.3 Å². The van der Waals surface area contributed by atoms with Gasteiger partial charge in [-0.1, -0.05) is 42.8 Å². The second-order valence-corrected chi connectivity index (χ2v) is 8.09. The number of nitrogens with zero attached hydrogens (tertiary/aromatic N) is 1. The molecule has 0 spiro atoms. The smallest absolute Gasteiger partial charge is 0.119 e. The third kappa shape index (κ3) is 5.09. The fraction of sp³-hybridized carbons (Fsp3) is 0.269. The molecule has 160 valence electrons. The molecule has 0 amide bonds. The van der Waals surface area contributed by atoms with Gasteiger partial charge in [-0.05, 0) is 66.9 Å². The lowest BCUT2D eigenvalue weighted by Gasteiger charge is -2.14. The summed E-state index contributed by atoms with van der Waals surface area (Å²) in [5, 5.41) is 9.98. The summed E-state index contributed by atoms with van der Waals surface area (Å²) in [6.45, 7) is 4.87. The first-order valence-corrected chi connectivity index (χ1v) is 11.1. The predicted octanol–water partition coefficient (Wildman–Crippen LogP) is 6.20. The molecule has 1 aromatic heterocycles. The molecule has 0 bridgehead atoms. The highest BCUT2D eigenvalue weighted by molar-refractivity contribution is 6.31. The van der Waals surface area contributed by atoms with Gasteiger partial charge in [0, 0.05) is 28.9 Å². The van der Waals surface area contributed by atoms with Crippen molar-refractivity contribution >= 4 is 39.1 Å². The molecular formula is C26H28ClN3O.